The summed E-state index contributed by atoms with van der Waals surface area (Å²) in [6.45, 7) is 0.853. The van der Waals surface area contributed by atoms with Crippen molar-refractivity contribution in [2.24, 2.45) is 17.3 Å². The fourth-order valence-electron chi connectivity index (χ4n) is 4.19. The van der Waals surface area contributed by atoms with Crippen molar-refractivity contribution in [1.82, 2.24) is 0 Å². The predicted molar refractivity (Wildman–Crippen MR) is 84.1 cm³/mol. The Kier molecular flexibility index (Phi) is 3.00. The van der Waals surface area contributed by atoms with Crippen LogP contribution < -0.4 is 4.74 Å². The van der Waals surface area contributed by atoms with Crippen molar-refractivity contribution in [3.63, 3.8) is 0 Å². The maximum Gasteiger partial charge on any atom is 0.125 e. The summed E-state index contributed by atoms with van der Waals surface area (Å²) in [7, 11) is 0. The first kappa shape index (κ1) is 12.7. The minimum atomic E-state index is 0.480. The van der Waals surface area contributed by atoms with E-state index in [0.29, 0.717) is 5.41 Å². The largest absolute Gasteiger partial charge is 0.493 e. The molecule has 0 radical (unpaired) electrons. The average Bonchev–Trinajstić information content (AvgIpc) is 2.82. The van der Waals surface area contributed by atoms with Crippen LogP contribution in [0, 0.1) is 17.3 Å². The van der Waals surface area contributed by atoms with E-state index in [1.54, 1.807) is 0 Å². The van der Waals surface area contributed by atoms with Crippen LogP contribution in [0.25, 0.3) is 0 Å². The van der Waals surface area contributed by atoms with Crippen molar-refractivity contribution in [2.45, 2.75) is 32.1 Å². The first-order chi connectivity index (χ1) is 9.19. The fraction of sp³-hybridized carbons (Fsp3) is 0.625. The van der Waals surface area contributed by atoms with Gasteiger partial charge in [-0.2, -0.15) is 0 Å². The van der Waals surface area contributed by atoms with Crippen molar-refractivity contribution in [2.75, 3.05) is 11.9 Å². The minimum absolute atomic E-state index is 0.480. The van der Waals surface area contributed by atoms with Gasteiger partial charge >= 0.3 is 0 Å². The van der Waals surface area contributed by atoms with Gasteiger partial charge in [-0.15, -0.1) is 0 Å². The molecule has 0 saturated heterocycles. The van der Waals surface area contributed by atoms with Gasteiger partial charge in [-0.1, -0.05) is 31.9 Å². The third kappa shape index (κ3) is 2.17. The summed E-state index contributed by atoms with van der Waals surface area (Å²) in [5.41, 5.74) is 3.29. The van der Waals surface area contributed by atoms with Crippen LogP contribution in [-0.4, -0.2) is 11.9 Å². The summed E-state index contributed by atoms with van der Waals surface area (Å²) < 4.78 is 7.09. The highest BCUT2D eigenvalue weighted by Gasteiger charge is 2.53. The Morgan fingerprint density at radius 1 is 1.26 bits per heavy atom. The predicted octanol–water partition coefficient (Wildman–Crippen LogP) is 4.74. The second-order valence-electron chi connectivity index (χ2n) is 6.63. The lowest BCUT2D eigenvalue weighted by molar-refractivity contribution is 0.298. The smallest absolute Gasteiger partial charge is 0.125 e. The molecule has 0 spiro atoms. The molecule has 2 atom stereocenters. The number of alkyl halides is 1. The van der Waals surface area contributed by atoms with Crippen molar-refractivity contribution in [1.29, 1.82) is 0 Å². The summed E-state index contributed by atoms with van der Waals surface area (Å²) in [6, 6.07) is 4.50. The van der Waals surface area contributed by atoms with Crippen LogP contribution in [-0.2, 0) is 12.8 Å². The van der Waals surface area contributed by atoms with E-state index in [1.165, 1.54) is 47.0 Å². The molecule has 4 rings (SSSR count). The van der Waals surface area contributed by atoms with Gasteiger partial charge in [0.2, 0.25) is 0 Å². The highest BCUT2D eigenvalue weighted by atomic mass is 79.9. The molecule has 1 aromatic rings. The van der Waals surface area contributed by atoms with Gasteiger partial charge in [0.1, 0.15) is 5.75 Å². The van der Waals surface area contributed by atoms with Crippen LogP contribution >= 0.6 is 31.9 Å². The Morgan fingerprint density at radius 2 is 2.05 bits per heavy atom. The molecule has 2 fully saturated rings. The molecule has 1 aromatic carbocycles. The van der Waals surface area contributed by atoms with E-state index in [1.807, 2.05) is 0 Å². The van der Waals surface area contributed by atoms with Crippen molar-refractivity contribution in [3.05, 3.63) is 27.7 Å². The van der Waals surface area contributed by atoms with Gasteiger partial charge in [0.25, 0.3) is 0 Å². The van der Waals surface area contributed by atoms with E-state index in [4.69, 9.17) is 4.74 Å². The van der Waals surface area contributed by atoms with Gasteiger partial charge in [-0.05, 0) is 66.2 Å². The minimum Gasteiger partial charge on any atom is -0.493 e. The molecule has 102 valence electrons. The molecular formula is C16H18Br2O. The first-order valence-electron chi connectivity index (χ1n) is 7.19. The monoisotopic (exact) mass is 384 g/mol. The van der Waals surface area contributed by atoms with Crippen LogP contribution in [0.1, 0.15) is 30.4 Å². The topological polar surface area (TPSA) is 9.23 Å². The number of ether oxygens (including phenoxy) is 1. The summed E-state index contributed by atoms with van der Waals surface area (Å²) in [5, 5.41) is 1.13. The molecule has 0 aromatic heterocycles. The van der Waals surface area contributed by atoms with E-state index in [0.717, 1.165) is 30.2 Å². The molecule has 2 unspecified atom stereocenters. The van der Waals surface area contributed by atoms with Gasteiger partial charge < -0.3 is 4.74 Å². The Labute approximate surface area is 131 Å². The second kappa shape index (κ2) is 4.49. The quantitative estimate of drug-likeness (QED) is 0.683. The number of hydrogen-bond acceptors (Lipinski definition) is 1. The lowest BCUT2D eigenvalue weighted by Crippen LogP contribution is -2.24. The van der Waals surface area contributed by atoms with Gasteiger partial charge in [0, 0.05) is 16.2 Å². The van der Waals surface area contributed by atoms with Gasteiger partial charge in [-0.25, -0.2) is 0 Å². The number of halogens is 2. The summed E-state index contributed by atoms with van der Waals surface area (Å²) in [4.78, 5) is 0. The summed E-state index contributed by atoms with van der Waals surface area (Å²) >= 11 is 7.44. The third-order valence-electron chi connectivity index (χ3n) is 5.13. The maximum atomic E-state index is 5.89. The van der Waals surface area contributed by atoms with E-state index in [-0.39, 0.29) is 0 Å². The average molecular weight is 386 g/mol. The zero-order chi connectivity index (χ0) is 13.0. The van der Waals surface area contributed by atoms with Crippen LogP contribution in [0.15, 0.2) is 16.6 Å². The molecule has 1 aliphatic heterocycles. The summed E-state index contributed by atoms with van der Waals surface area (Å²) in [6.07, 6.45) is 6.54. The Hall–Kier alpha value is -0.0200. The van der Waals surface area contributed by atoms with Crippen LogP contribution in [0.2, 0.25) is 0 Å². The standard InChI is InChI=1S/C16H18Br2O/c17-9-16(6-11-3-12(11)7-16)8-13-5-14(18)4-10-1-2-19-15(10)13/h4-5,11-12H,1-3,6-9H2. The molecule has 3 aliphatic rings. The SMILES string of the molecule is BrCC1(Cc2cc(Br)cc3c2OCC3)CC2CC2C1. The van der Waals surface area contributed by atoms with Gasteiger partial charge in [0.05, 0.1) is 6.61 Å². The van der Waals surface area contributed by atoms with Crippen molar-refractivity contribution in [3.8, 4) is 5.75 Å². The van der Waals surface area contributed by atoms with E-state index >= 15 is 0 Å². The van der Waals surface area contributed by atoms with Crippen molar-refractivity contribution >= 4 is 31.9 Å². The van der Waals surface area contributed by atoms with Crippen LogP contribution in [0.5, 0.6) is 5.75 Å². The molecule has 2 aliphatic carbocycles. The normalized spacial score (nSPS) is 34.8. The van der Waals surface area contributed by atoms with E-state index in [9.17, 15) is 0 Å². The number of benzene rings is 1. The second-order valence-corrected chi connectivity index (χ2v) is 8.10. The Bertz CT molecular complexity index is 516. The number of hydrogen-bond donors (Lipinski definition) is 0. The molecule has 0 amide bonds. The lowest BCUT2D eigenvalue weighted by Gasteiger charge is -2.29. The summed E-state index contributed by atoms with van der Waals surface area (Å²) in [5.74, 6) is 3.24. The van der Waals surface area contributed by atoms with E-state index < -0.39 is 0 Å². The molecule has 3 heteroatoms. The maximum absolute atomic E-state index is 5.89. The zero-order valence-corrected chi connectivity index (χ0v) is 14.1. The molecule has 0 bridgehead atoms. The zero-order valence-electron chi connectivity index (χ0n) is 10.9. The Balaban J connectivity index is 1.66. The number of fused-ring (bicyclic) bond motifs is 2. The lowest BCUT2D eigenvalue weighted by atomic mass is 9.79. The van der Waals surface area contributed by atoms with Gasteiger partial charge in [0.15, 0.2) is 0 Å². The first-order valence-corrected chi connectivity index (χ1v) is 9.11. The van der Waals surface area contributed by atoms with Gasteiger partial charge in [-0.3, -0.25) is 0 Å². The van der Waals surface area contributed by atoms with E-state index in [2.05, 4.69) is 44.0 Å². The molecule has 19 heavy (non-hydrogen) atoms. The third-order valence-corrected chi connectivity index (χ3v) is 6.78. The molecule has 1 heterocycles. The van der Waals surface area contributed by atoms with Crippen LogP contribution in [0.4, 0.5) is 0 Å². The number of rotatable bonds is 3. The molecular weight excluding hydrogens is 368 g/mol. The molecule has 1 nitrogen and oxygen atoms in total. The molecule has 2 saturated carbocycles. The Morgan fingerprint density at radius 3 is 2.79 bits per heavy atom. The van der Waals surface area contributed by atoms with Crippen LogP contribution in [0.3, 0.4) is 0 Å². The highest BCUT2D eigenvalue weighted by Crippen LogP contribution is 2.61. The molecule has 0 N–H and O–H groups in total. The highest BCUT2D eigenvalue weighted by molar-refractivity contribution is 9.10. The fourth-order valence-corrected chi connectivity index (χ4v) is 5.40. The van der Waals surface area contributed by atoms with Crippen molar-refractivity contribution < 1.29 is 4.74 Å².